The highest BCUT2D eigenvalue weighted by Crippen LogP contribution is 2.18. The van der Waals surface area contributed by atoms with Crippen molar-refractivity contribution in [3.8, 4) is 5.69 Å². The topological polar surface area (TPSA) is 59.8 Å². The van der Waals surface area contributed by atoms with Gasteiger partial charge < -0.3 is 5.32 Å². The van der Waals surface area contributed by atoms with Crippen LogP contribution in [0.25, 0.3) is 5.69 Å². The molecule has 0 saturated carbocycles. The third-order valence-electron chi connectivity index (χ3n) is 3.18. The molecule has 0 radical (unpaired) electrons. The molecule has 0 spiro atoms. The van der Waals surface area contributed by atoms with Crippen LogP contribution in [-0.4, -0.2) is 21.1 Å². The second-order valence-corrected chi connectivity index (χ2v) is 4.70. The molecule has 5 heteroatoms. The minimum atomic E-state index is -0.303. The van der Waals surface area contributed by atoms with Crippen LogP contribution in [0.3, 0.4) is 0 Å². The van der Waals surface area contributed by atoms with Gasteiger partial charge in [-0.3, -0.25) is 4.57 Å². The summed E-state index contributed by atoms with van der Waals surface area (Å²) in [6.07, 6.45) is 3.37. The van der Waals surface area contributed by atoms with Gasteiger partial charge in [-0.2, -0.15) is 4.98 Å². The lowest BCUT2D eigenvalue weighted by molar-refractivity contribution is 0.833. The molecular weight excluding hydrogens is 252 g/mol. The molecular formula is C15H20N4O. The highest BCUT2D eigenvalue weighted by atomic mass is 16.1. The quantitative estimate of drug-likeness (QED) is 0.907. The fourth-order valence-corrected chi connectivity index (χ4v) is 2.16. The third kappa shape index (κ3) is 2.87. The molecule has 0 atom stereocenters. The van der Waals surface area contributed by atoms with Crippen LogP contribution in [0.15, 0.2) is 29.3 Å². The molecule has 0 bridgehead atoms. The highest BCUT2D eigenvalue weighted by Gasteiger charge is 2.10. The molecule has 0 amide bonds. The van der Waals surface area contributed by atoms with Gasteiger partial charge in [-0.1, -0.05) is 32.0 Å². The number of para-hydroxylation sites is 1. The Balaban J connectivity index is 2.46. The van der Waals surface area contributed by atoms with E-state index >= 15 is 0 Å². The predicted molar refractivity (Wildman–Crippen MR) is 80.5 cm³/mol. The standard InChI is InChI=1S/C15H20N4O/c1-4-9-16-14-17-10-19(15(20)18-14)13-11(3)7-6-8-12(13)5-2/h6-8,10H,4-5,9H2,1-3H3,(H,16,18,20). The summed E-state index contributed by atoms with van der Waals surface area (Å²) >= 11 is 0. The first-order valence-corrected chi connectivity index (χ1v) is 6.95. The average molecular weight is 272 g/mol. The molecule has 0 aliphatic carbocycles. The number of anilines is 1. The molecule has 20 heavy (non-hydrogen) atoms. The van der Waals surface area contributed by atoms with Gasteiger partial charge in [-0.15, -0.1) is 0 Å². The Kier molecular flexibility index (Phi) is 4.50. The van der Waals surface area contributed by atoms with E-state index in [1.165, 1.54) is 4.57 Å². The van der Waals surface area contributed by atoms with E-state index in [4.69, 9.17) is 0 Å². The minimum Gasteiger partial charge on any atom is -0.354 e. The monoisotopic (exact) mass is 272 g/mol. The lowest BCUT2D eigenvalue weighted by Gasteiger charge is -2.13. The SMILES string of the molecule is CCCNc1ncn(-c2c(C)cccc2CC)c(=O)n1. The average Bonchev–Trinajstić information content (AvgIpc) is 2.45. The van der Waals surface area contributed by atoms with Gasteiger partial charge in [0, 0.05) is 6.54 Å². The van der Waals surface area contributed by atoms with E-state index in [0.717, 1.165) is 36.2 Å². The second kappa shape index (κ2) is 6.32. The first kappa shape index (κ1) is 14.2. The molecule has 0 unspecified atom stereocenters. The Hall–Kier alpha value is -2.17. The molecule has 0 aliphatic rings. The first-order valence-electron chi connectivity index (χ1n) is 6.95. The Morgan fingerprint density at radius 3 is 2.75 bits per heavy atom. The van der Waals surface area contributed by atoms with Crippen molar-refractivity contribution in [3.63, 3.8) is 0 Å². The van der Waals surface area contributed by atoms with Crippen molar-refractivity contribution in [1.82, 2.24) is 14.5 Å². The number of benzene rings is 1. The summed E-state index contributed by atoms with van der Waals surface area (Å²) < 4.78 is 1.52. The van der Waals surface area contributed by atoms with Crippen LogP contribution < -0.4 is 11.0 Å². The van der Waals surface area contributed by atoms with Crippen LogP contribution in [0.1, 0.15) is 31.4 Å². The van der Waals surface area contributed by atoms with Gasteiger partial charge in [0.2, 0.25) is 5.95 Å². The van der Waals surface area contributed by atoms with Gasteiger partial charge in [0.15, 0.2) is 0 Å². The summed E-state index contributed by atoms with van der Waals surface area (Å²) in [5.41, 5.74) is 2.75. The van der Waals surface area contributed by atoms with Crippen molar-refractivity contribution in [2.45, 2.75) is 33.6 Å². The summed E-state index contributed by atoms with van der Waals surface area (Å²) in [6.45, 7) is 6.87. The van der Waals surface area contributed by atoms with Crippen molar-refractivity contribution in [1.29, 1.82) is 0 Å². The van der Waals surface area contributed by atoms with Gasteiger partial charge >= 0.3 is 5.69 Å². The Labute approximate surface area is 118 Å². The van der Waals surface area contributed by atoms with Crippen LogP contribution in [0.4, 0.5) is 5.95 Å². The summed E-state index contributed by atoms with van der Waals surface area (Å²) in [5, 5.41) is 3.02. The Morgan fingerprint density at radius 1 is 1.30 bits per heavy atom. The molecule has 0 saturated heterocycles. The van der Waals surface area contributed by atoms with Gasteiger partial charge in [0.05, 0.1) is 5.69 Å². The van der Waals surface area contributed by atoms with E-state index < -0.39 is 0 Å². The van der Waals surface area contributed by atoms with Crippen molar-refractivity contribution >= 4 is 5.95 Å². The maximum atomic E-state index is 12.2. The van der Waals surface area contributed by atoms with Crippen LogP contribution in [0.2, 0.25) is 0 Å². The molecule has 1 heterocycles. The maximum absolute atomic E-state index is 12.2. The van der Waals surface area contributed by atoms with Crippen molar-refractivity contribution < 1.29 is 0 Å². The number of rotatable bonds is 5. The molecule has 1 aromatic carbocycles. The Bertz CT molecular complexity index is 649. The van der Waals surface area contributed by atoms with E-state index in [9.17, 15) is 4.79 Å². The summed E-state index contributed by atoms with van der Waals surface area (Å²) in [4.78, 5) is 20.4. The number of aryl methyl sites for hydroxylation is 2. The predicted octanol–water partition coefficient (Wildman–Crippen LogP) is 2.32. The lowest BCUT2D eigenvalue weighted by atomic mass is 10.1. The fraction of sp³-hybridized carbons (Fsp3) is 0.400. The zero-order valence-corrected chi connectivity index (χ0v) is 12.2. The number of nitrogens with one attached hydrogen (secondary N) is 1. The van der Waals surface area contributed by atoms with Crippen LogP contribution in [0, 0.1) is 6.92 Å². The van der Waals surface area contributed by atoms with Gasteiger partial charge in [-0.05, 0) is 30.9 Å². The van der Waals surface area contributed by atoms with Gasteiger partial charge in [0.1, 0.15) is 6.33 Å². The van der Waals surface area contributed by atoms with Crippen molar-refractivity contribution in [2.24, 2.45) is 0 Å². The molecule has 1 N–H and O–H groups in total. The van der Waals surface area contributed by atoms with E-state index in [0.29, 0.717) is 5.95 Å². The van der Waals surface area contributed by atoms with E-state index in [-0.39, 0.29) is 5.69 Å². The third-order valence-corrected chi connectivity index (χ3v) is 3.18. The van der Waals surface area contributed by atoms with Gasteiger partial charge in [0.25, 0.3) is 0 Å². The number of aromatic nitrogens is 3. The molecule has 2 aromatic rings. The number of nitrogens with zero attached hydrogens (tertiary/aromatic N) is 3. The van der Waals surface area contributed by atoms with Crippen molar-refractivity contribution in [2.75, 3.05) is 11.9 Å². The number of hydrogen-bond donors (Lipinski definition) is 1. The molecule has 0 fully saturated rings. The summed E-state index contributed by atoms with van der Waals surface area (Å²) in [5.74, 6) is 0.389. The van der Waals surface area contributed by atoms with E-state index in [1.54, 1.807) is 6.33 Å². The second-order valence-electron chi connectivity index (χ2n) is 4.70. The fourth-order valence-electron chi connectivity index (χ4n) is 2.16. The lowest BCUT2D eigenvalue weighted by Crippen LogP contribution is -2.25. The summed E-state index contributed by atoms with van der Waals surface area (Å²) in [7, 11) is 0. The maximum Gasteiger partial charge on any atom is 0.356 e. The van der Waals surface area contributed by atoms with Crippen molar-refractivity contribution in [3.05, 3.63) is 46.1 Å². The smallest absolute Gasteiger partial charge is 0.354 e. The Morgan fingerprint density at radius 2 is 2.10 bits per heavy atom. The van der Waals surface area contributed by atoms with E-state index in [1.807, 2.05) is 25.1 Å². The van der Waals surface area contributed by atoms with E-state index in [2.05, 4.69) is 29.1 Å². The summed E-state index contributed by atoms with van der Waals surface area (Å²) in [6, 6.07) is 6.02. The largest absolute Gasteiger partial charge is 0.356 e. The highest BCUT2D eigenvalue weighted by molar-refractivity contribution is 5.47. The molecule has 5 nitrogen and oxygen atoms in total. The minimum absolute atomic E-state index is 0.303. The zero-order valence-electron chi connectivity index (χ0n) is 12.2. The number of hydrogen-bond acceptors (Lipinski definition) is 4. The molecule has 0 aliphatic heterocycles. The first-order chi connectivity index (χ1) is 9.67. The van der Waals surface area contributed by atoms with Crippen LogP contribution >= 0.6 is 0 Å². The normalized spacial score (nSPS) is 10.6. The van der Waals surface area contributed by atoms with Crippen LogP contribution in [-0.2, 0) is 6.42 Å². The molecule has 2 rings (SSSR count). The molecule has 106 valence electrons. The van der Waals surface area contributed by atoms with Gasteiger partial charge in [-0.25, -0.2) is 9.78 Å². The van der Waals surface area contributed by atoms with Crippen LogP contribution in [0.5, 0.6) is 0 Å². The zero-order chi connectivity index (χ0) is 14.5. The molecule has 1 aromatic heterocycles.